The van der Waals surface area contributed by atoms with Gasteiger partial charge in [0.2, 0.25) is 21.8 Å². The van der Waals surface area contributed by atoms with E-state index < -0.39 is 22.2 Å². The maximum atomic E-state index is 13.4. The van der Waals surface area contributed by atoms with E-state index in [-0.39, 0.29) is 54.7 Å². The maximum absolute atomic E-state index is 13.4. The van der Waals surface area contributed by atoms with Crippen LogP contribution in [-0.4, -0.2) is 80.5 Å². The van der Waals surface area contributed by atoms with E-state index in [0.29, 0.717) is 22.7 Å². The van der Waals surface area contributed by atoms with Crippen molar-refractivity contribution in [2.24, 2.45) is 11.8 Å². The molecule has 2 N–H and O–H groups in total. The lowest BCUT2D eigenvalue weighted by atomic mass is 10.0. The summed E-state index contributed by atoms with van der Waals surface area (Å²) in [5.74, 6) is 0.547. The second-order valence-corrected chi connectivity index (χ2v) is 12.5. The number of sulfonamides is 1. The lowest BCUT2D eigenvalue weighted by molar-refractivity contribution is -0.134. The summed E-state index contributed by atoms with van der Waals surface area (Å²) in [5.41, 5.74) is 1.16. The molecule has 1 heterocycles. The Balaban J connectivity index is 1.63. The molecule has 3 atom stereocenters. The highest BCUT2D eigenvalue weighted by Gasteiger charge is 2.34. The molecule has 0 saturated heterocycles. The molecule has 2 aromatic carbocycles. The molecule has 0 bridgehead atoms. The number of aliphatic hydroxyl groups excluding tert-OH is 1. The molecule has 0 unspecified atom stereocenters. The van der Waals surface area contributed by atoms with E-state index in [1.807, 2.05) is 6.92 Å². The number of anilines is 1. The Hall–Kier alpha value is -3.15. The molecule has 39 heavy (non-hydrogen) atoms. The minimum atomic E-state index is -3.83. The number of benzene rings is 2. The number of ether oxygens (including phenoxy) is 2. The molecule has 2 aromatic rings. The first-order valence-electron chi connectivity index (χ1n) is 13.1. The Kier molecular flexibility index (Phi) is 8.83. The first kappa shape index (κ1) is 28.8. The zero-order valence-electron chi connectivity index (χ0n) is 22.8. The van der Waals surface area contributed by atoms with Gasteiger partial charge in [0.25, 0.3) is 0 Å². The second-order valence-electron chi connectivity index (χ2n) is 10.4. The van der Waals surface area contributed by atoms with E-state index in [9.17, 15) is 23.1 Å². The van der Waals surface area contributed by atoms with Crippen molar-refractivity contribution in [1.82, 2.24) is 9.21 Å². The summed E-state index contributed by atoms with van der Waals surface area (Å²) >= 11 is 0. The number of carbonyl (C=O) groups excluding carboxylic acids is 2. The van der Waals surface area contributed by atoms with Crippen LogP contribution in [0.25, 0.3) is 0 Å². The Morgan fingerprint density at radius 1 is 1.23 bits per heavy atom. The predicted molar refractivity (Wildman–Crippen MR) is 146 cm³/mol. The van der Waals surface area contributed by atoms with Gasteiger partial charge in [0.1, 0.15) is 17.6 Å². The molecule has 0 spiro atoms. The molecule has 11 heteroatoms. The molecular formula is C28H37N3O7S. The first-order valence-corrected chi connectivity index (χ1v) is 14.6. The van der Waals surface area contributed by atoms with Gasteiger partial charge in [0.05, 0.1) is 37.6 Å². The number of hydrogen-bond donors (Lipinski definition) is 2. The lowest BCUT2D eigenvalue weighted by Crippen LogP contribution is -2.48. The van der Waals surface area contributed by atoms with Gasteiger partial charge in [0.15, 0.2) is 0 Å². The van der Waals surface area contributed by atoms with Crippen LogP contribution >= 0.6 is 0 Å². The number of aliphatic hydroxyl groups is 1. The number of rotatable bonds is 9. The van der Waals surface area contributed by atoms with Crippen molar-refractivity contribution in [1.29, 1.82) is 0 Å². The SMILES string of the molecule is COc1ccc(S(=O)(=O)N(C)C[C@H]2Oc3ccc(NC(=O)C4CC4)cc3CC(=O)N([C@@H](C)CO)C[C@@H]2C)cc1. The van der Waals surface area contributed by atoms with Gasteiger partial charge in [-0.1, -0.05) is 6.92 Å². The van der Waals surface area contributed by atoms with Crippen LogP contribution in [0.2, 0.25) is 0 Å². The van der Waals surface area contributed by atoms with Gasteiger partial charge in [-0.25, -0.2) is 8.42 Å². The highest BCUT2D eigenvalue weighted by Crippen LogP contribution is 2.33. The van der Waals surface area contributed by atoms with Crippen LogP contribution in [0.3, 0.4) is 0 Å². The fourth-order valence-electron chi connectivity index (χ4n) is 4.59. The zero-order valence-corrected chi connectivity index (χ0v) is 23.6. The summed E-state index contributed by atoms with van der Waals surface area (Å²) in [4.78, 5) is 27.4. The maximum Gasteiger partial charge on any atom is 0.242 e. The Morgan fingerprint density at radius 3 is 2.54 bits per heavy atom. The van der Waals surface area contributed by atoms with Crippen molar-refractivity contribution in [2.75, 3.05) is 39.2 Å². The first-order chi connectivity index (χ1) is 18.5. The monoisotopic (exact) mass is 559 g/mol. The van der Waals surface area contributed by atoms with E-state index in [0.717, 1.165) is 12.8 Å². The molecule has 212 valence electrons. The molecular weight excluding hydrogens is 522 g/mol. The largest absolute Gasteiger partial charge is 0.497 e. The Labute approximate surface area is 229 Å². The fraction of sp³-hybridized carbons (Fsp3) is 0.500. The smallest absolute Gasteiger partial charge is 0.242 e. The Morgan fingerprint density at radius 2 is 1.92 bits per heavy atom. The Bertz CT molecular complexity index is 1290. The molecule has 1 aliphatic heterocycles. The van der Waals surface area contributed by atoms with Gasteiger partial charge in [-0.05, 0) is 62.2 Å². The third kappa shape index (κ3) is 6.71. The van der Waals surface area contributed by atoms with Crippen LogP contribution in [0.5, 0.6) is 11.5 Å². The van der Waals surface area contributed by atoms with Crippen LogP contribution < -0.4 is 14.8 Å². The summed E-state index contributed by atoms with van der Waals surface area (Å²) in [5, 5.41) is 12.7. The summed E-state index contributed by atoms with van der Waals surface area (Å²) in [6, 6.07) is 10.9. The topological polar surface area (TPSA) is 125 Å². The molecule has 1 fully saturated rings. The average molecular weight is 560 g/mol. The number of likely N-dealkylation sites (N-methyl/N-ethyl adjacent to an activating group) is 1. The number of nitrogens with zero attached hydrogens (tertiary/aromatic N) is 2. The number of hydrogen-bond acceptors (Lipinski definition) is 7. The van der Waals surface area contributed by atoms with Crippen LogP contribution in [0.1, 0.15) is 32.3 Å². The molecule has 1 saturated carbocycles. The number of nitrogens with one attached hydrogen (secondary N) is 1. The number of amides is 2. The number of carbonyl (C=O) groups is 2. The van der Waals surface area contributed by atoms with Gasteiger partial charge in [-0.2, -0.15) is 4.31 Å². The molecule has 0 radical (unpaired) electrons. The van der Waals surface area contributed by atoms with Gasteiger partial charge in [-0.3, -0.25) is 9.59 Å². The van der Waals surface area contributed by atoms with E-state index in [2.05, 4.69) is 5.32 Å². The third-order valence-corrected chi connectivity index (χ3v) is 9.17. The fourth-order valence-corrected chi connectivity index (χ4v) is 5.78. The van der Waals surface area contributed by atoms with Gasteiger partial charge < -0.3 is 24.8 Å². The van der Waals surface area contributed by atoms with Crippen molar-refractivity contribution < 1.29 is 32.6 Å². The quantitative estimate of drug-likeness (QED) is 0.484. The van der Waals surface area contributed by atoms with Gasteiger partial charge in [0, 0.05) is 36.7 Å². The van der Waals surface area contributed by atoms with Crippen LogP contribution in [0.15, 0.2) is 47.4 Å². The molecule has 2 amide bonds. The molecule has 1 aliphatic carbocycles. The minimum absolute atomic E-state index is 0.0201. The van der Waals surface area contributed by atoms with Crippen LogP contribution in [0, 0.1) is 11.8 Å². The summed E-state index contributed by atoms with van der Waals surface area (Å²) in [7, 11) is -0.820. The molecule has 2 aliphatic rings. The summed E-state index contributed by atoms with van der Waals surface area (Å²) in [6.07, 6.45) is 1.16. The van der Waals surface area contributed by atoms with Crippen molar-refractivity contribution >= 4 is 27.5 Å². The van der Waals surface area contributed by atoms with E-state index in [4.69, 9.17) is 9.47 Å². The van der Waals surface area contributed by atoms with Crippen molar-refractivity contribution in [3.05, 3.63) is 48.0 Å². The normalized spacial score (nSPS) is 20.8. The highest BCUT2D eigenvalue weighted by molar-refractivity contribution is 7.89. The van der Waals surface area contributed by atoms with Crippen molar-refractivity contribution in [2.45, 2.75) is 50.2 Å². The second kappa shape index (κ2) is 11.9. The average Bonchev–Trinajstić information content (AvgIpc) is 3.77. The van der Waals surface area contributed by atoms with Crippen LogP contribution in [-0.2, 0) is 26.0 Å². The number of methoxy groups -OCH3 is 1. The molecule has 4 rings (SSSR count). The van der Waals surface area contributed by atoms with Crippen molar-refractivity contribution in [3.8, 4) is 11.5 Å². The van der Waals surface area contributed by atoms with Crippen molar-refractivity contribution in [3.63, 3.8) is 0 Å². The zero-order chi connectivity index (χ0) is 28.3. The summed E-state index contributed by atoms with van der Waals surface area (Å²) < 4.78 is 39.5. The lowest BCUT2D eigenvalue weighted by Gasteiger charge is -2.33. The highest BCUT2D eigenvalue weighted by atomic mass is 32.2. The third-order valence-electron chi connectivity index (χ3n) is 7.34. The predicted octanol–water partition coefficient (Wildman–Crippen LogP) is 2.51. The van der Waals surface area contributed by atoms with E-state index in [1.165, 1.54) is 30.6 Å². The molecule has 10 nitrogen and oxygen atoms in total. The standard InChI is InChI=1S/C28H37N3O7S/c1-18-15-31(19(2)17-32)27(33)14-21-13-22(29-28(34)20-5-6-20)7-12-25(21)38-26(18)16-30(3)39(35,36)24-10-8-23(37-4)9-11-24/h7-13,18-20,26,32H,5-6,14-17H2,1-4H3,(H,29,34)/t18-,19-,26+/m0/s1. The summed E-state index contributed by atoms with van der Waals surface area (Å²) in [6.45, 7) is 3.77. The number of fused-ring (bicyclic) bond motifs is 1. The van der Waals surface area contributed by atoms with Crippen LogP contribution in [0.4, 0.5) is 5.69 Å². The van der Waals surface area contributed by atoms with Gasteiger partial charge >= 0.3 is 0 Å². The van der Waals surface area contributed by atoms with E-state index >= 15 is 0 Å². The minimum Gasteiger partial charge on any atom is -0.497 e. The molecule has 0 aromatic heterocycles. The van der Waals surface area contributed by atoms with Gasteiger partial charge in [-0.15, -0.1) is 0 Å². The van der Waals surface area contributed by atoms with E-state index in [1.54, 1.807) is 42.2 Å².